The van der Waals surface area contributed by atoms with Crippen LogP contribution in [0.4, 0.5) is 0 Å². The molecule has 0 bridgehead atoms. The first kappa shape index (κ1) is 24.9. The fourth-order valence-corrected chi connectivity index (χ4v) is 3.67. The van der Waals surface area contributed by atoms with Gasteiger partial charge < -0.3 is 14.6 Å². The standard InChI is InChI=1S/C25H34ClN3O2/c1-8-20(21-14-19(26)13-12-18(21)11-10-17(3)4)23(22-15-27-16-29(22)6)28-24(30)25(5,9-2)31-7/h8,12-16,23H,3,9-11H2,1-2,4-7H3,(H,28,30)/b20-8+/t23-,25?/m1/s1. The zero-order chi connectivity index (χ0) is 23.2. The third kappa shape index (κ3) is 5.86. The Morgan fingerprint density at radius 3 is 2.68 bits per heavy atom. The van der Waals surface area contributed by atoms with Crippen LogP contribution in [0.1, 0.15) is 63.4 Å². The van der Waals surface area contributed by atoms with Crippen LogP contribution >= 0.6 is 11.6 Å². The van der Waals surface area contributed by atoms with Crippen LogP contribution in [-0.4, -0.2) is 28.2 Å². The summed E-state index contributed by atoms with van der Waals surface area (Å²) in [6.45, 7) is 11.8. The number of carbonyl (C=O) groups excluding carboxylic acids is 1. The van der Waals surface area contributed by atoms with Crippen molar-refractivity contribution in [3.63, 3.8) is 0 Å². The van der Waals surface area contributed by atoms with Gasteiger partial charge in [-0.25, -0.2) is 4.98 Å². The normalized spacial score (nSPS) is 14.7. The van der Waals surface area contributed by atoms with Crippen LogP contribution in [0.5, 0.6) is 0 Å². The highest BCUT2D eigenvalue weighted by molar-refractivity contribution is 6.30. The van der Waals surface area contributed by atoms with E-state index in [1.165, 1.54) is 0 Å². The van der Waals surface area contributed by atoms with Crippen molar-refractivity contribution in [2.45, 2.75) is 58.6 Å². The van der Waals surface area contributed by atoms with E-state index < -0.39 is 11.6 Å². The van der Waals surface area contributed by atoms with Crippen LogP contribution in [0.25, 0.3) is 5.57 Å². The highest BCUT2D eigenvalue weighted by Gasteiger charge is 2.34. The Morgan fingerprint density at radius 1 is 1.45 bits per heavy atom. The van der Waals surface area contributed by atoms with Gasteiger partial charge in [-0.2, -0.15) is 0 Å². The third-order valence-corrected chi connectivity index (χ3v) is 6.09. The van der Waals surface area contributed by atoms with Gasteiger partial charge >= 0.3 is 0 Å². The van der Waals surface area contributed by atoms with Gasteiger partial charge in [0, 0.05) is 19.2 Å². The summed E-state index contributed by atoms with van der Waals surface area (Å²) >= 11 is 6.39. The second kappa shape index (κ2) is 10.8. The number of aryl methyl sites for hydroxylation is 2. The van der Waals surface area contributed by atoms with E-state index in [0.29, 0.717) is 11.4 Å². The van der Waals surface area contributed by atoms with E-state index in [0.717, 1.165) is 40.8 Å². The fraction of sp³-hybridized carbons (Fsp3) is 0.440. The van der Waals surface area contributed by atoms with E-state index in [1.807, 2.05) is 50.6 Å². The Labute approximate surface area is 191 Å². The van der Waals surface area contributed by atoms with Gasteiger partial charge in [0.1, 0.15) is 5.60 Å². The van der Waals surface area contributed by atoms with Crippen LogP contribution in [0.3, 0.4) is 0 Å². The molecule has 31 heavy (non-hydrogen) atoms. The number of imidazole rings is 1. The number of halogens is 1. The van der Waals surface area contributed by atoms with Gasteiger partial charge in [0.2, 0.25) is 0 Å². The first-order valence-electron chi connectivity index (χ1n) is 10.6. The molecule has 5 nitrogen and oxygen atoms in total. The smallest absolute Gasteiger partial charge is 0.252 e. The zero-order valence-corrected chi connectivity index (χ0v) is 20.2. The number of nitrogens with zero attached hydrogens (tertiary/aromatic N) is 2. The second-order valence-corrected chi connectivity index (χ2v) is 8.56. The molecular formula is C25H34ClN3O2. The van der Waals surface area contributed by atoms with Crippen molar-refractivity contribution in [1.82, 2.24) is 14.9 Å². The number of ether oxygens (including phenoxy) is 1. The SMILES string of the molecule is C=C(C)CCc1ccc(Cl)cc1/C(=C\C)[C@@H](NC(=O)C(C)(CC)OC)c1cncn1C. The number of carbonyl (C=O) groups is 1. The van der Waals surface area contributed by atoms with E-state index in [-0.39, 0.29) is 5.91 Å². The highest BCUT2D eigenvalue weighted by Crippen LogP contribution is 2.35. The molecule has 1 unspecified atom stereocenters. The number of hydrogen-bond donors (Lipinski definition) is 1. The molecule has 1 amide bonds. The minimum atomic E-state index is -0.924. The lowest BCUT2D eigenvalue weighted by Crippen LogP contribution is -2.47. The van der Waals surface area contributed by atoms with Crippen molar-refractivity contribution in [3.05, 3.63) is 70.8 Å². The monoisotopic (exact) mass is 443 g/mol. The number of amides is 1. The van der Waals surface area contributed by atoms with Crippen LogP contribution in [0.2, 0.25) is 5.02 Å². The van der Waals surface area contributed by atoms with Crippen LogP contribution in [0.15, 0.2) is 49.0 Å². The number of benzene rings is 1. The van der Waals surface area contributed by atoms with Crippen molar-refractivity contribution in [3.8, 4) is 0 Å². The molecule has 168 valence electrons. The predicted octanol–water partition coefficient (Wildman–Crippen LogP) is 5.66. The van der Waals surface area contributed by atoms with E-state index in [1.54, 1.807) is 26.6 Å². The second-order valence-electron chi connectivity index (χ2n) is 8.13. The lowest BCUT2D eigenvalue weighted by Gasteiger charge is -2.30. The third-order valence-electron chi connectivity index (χ3n) is 5.86. The molecular weight excluding hydrogens is 410 g/mol. The van der Waals surface area contributed by atoms with E-state index >= 15 is 0 Å². The largest absolute Gasteiger partial charge is 0.369 e. The molecule has 0 radical (unpaired) electrons. The maximum Gasteiger partial charge on any atom is 0.252 e. The van der Waals surface area contributed by atoms with Crippen LogP contribution in [0, 0.1) is 0 Å². The molecule has 1 N–H and O–H groups in total. The van der Waals surface area contributed by atoms with E-state index in [2.05, 4.69) is 22.9 Å². The maximum atomic E-state index is 13.2. The van der Waals surface area contributed by atoms with E-state index in [4.69, 9.17) is 16.3 Å². The first-order chi connectivity index (χ1) is 14.7. The molecule has 1 aromatic carbocycles. The molecule has 0 aliphatic rings. The lowest BCUT2D eigenvalue weighted by molar-refractivity contribution is -0.142. The Bertz CT molecular complexity index is 957. The lowest BCUT2D eigenvalue weighted by atomic mass is 9.89. The molecule has 6 heteroatoms. The highest BCUT2D eigenvalue weighted by atomic mass is 35.5. The molecule has 0 saturated carbocycles. The van der Waals surface area contributed by atoms with Crippen molar-refractivity contribution in [2.24, 2.45) is 7.05 Å². The van der Waals surface area contributed by atoms with Crippen LogP contribution < -0.4 is 5.32 Å². The van der Waals surface area contributed by atoms with Gasteiger partial charge in [0.05, 0.1) is 24.3 Å². The molecule has 2 aromatic rings. The Kier molecular flexibility index (Phi) is 8.66. The van der Waals surface area contributed by atoms with Gasteiger partial charge in [-0.1, -0.05) is 36.2 Å². The van der Waals surface area contributed by atoms with Gasteiger partial charge in [-0.3, -0.25) is 4.79 Å². The molecule has 1 aromatic heterocycles. The molecule has 1 heterocycles. The molecule has 2 rings (SSSR count). The molecule has 0 fully saturated rings. The summed E-state index contributed by atoms with van der Waals surface area (Å²) in [4.78, 5) is 17.5. The minimum absolute atomic E-state index is 0.173. The van der Waals surface area contributed by atoms with Gasteiger partial charge in [0.25, 0.3) is 5.91 Å². The zero-order valence-electron chi connectivity index (χ0n) is 19.5. The topological polar surface area (TPSA) is 56.1 Å². The van der Waals surface area contributed by atoms with Crippen LogP contribution in [-0.2, 0) is 23.0 Å². The Balaban J connectivity index is 2.57. The molecule has 0 aliphatic carbocycles. The number of methoxy groups -OCH3 is 1. The maximum absolute atomic E-state index is 13.2. The number of hydrogen-bond acceptors (Lipinski definition) is 3. The summed E-state index contributed by atoms with van der Waals surface area (Å²) in [6.07, 6.45) is 7.82. The summed E-state index contributed by atoms with van der Waals surface area (Å²) in [7, 11) is 3.48. The number of aromatic nitrogens is 2. The Hall–Kier alpha value is -2.37. The van der Waals surface area contributed by atoms with Crippen molar-refractivity contribution in [1.29, 1.82) is 0 Å². The van der Waals surface area contributed by atoms with Gasteiger partial charge in [0.15, 0.2) is 0 Å². The predicted molar refractivity (Wildman–Crippen MR) is 128 cm³/mol. The van der Waals surface area contributed by atoms with E-state index in [9.17, 15) is 4.79 Å². The summed E-state index contributed by atoms with van der Waals surface area (Å²) < 4.78 is 7.46. The number of rotatable bonds is 10. The molecule has 0 saturated heterocycles. The molecule has 2 atom stereocenters. The summed E-state index contributed by atoms with van der Waals surface area (Å²) in [6, 6.07) is 5.52. The summed E-state index contributed by atoms with van der Waals surface area (Å²) in [5.41, 5.74) is 4.21. The van der Waals surface area contributed by atoms with Crippen molar-refractivity contribution in [2.75, 3.05) is 7.11 Å². The summed E-state index contributed by atoms with van der Waals surface area (Å²) in [5.74, 6) is -0.173. The fourth-order valence-electron chi connectivity index (χ4n) is 3.50. The Morgan fingerprint density at radius 2 is 2.16 bits per heavy atom. The minimum Gasteiger partial charge on any atom is -0.369 e. The van der Waals surface area contributed by atoms with Crippen molar-refractivity contribution < 1.29 is 9.53 Å². The van der Waals surface area contributed by atoms with Gasteiger partial charge in [-0.05, 0) is 68.9 Å². The first-order valence-corrected chi connectivity index (χ1v) is 11.0. The number of allylic oxidation sites excluding steroid dienone is 2. The molecule has 0 aliphatic heterocycles. The quantitative estimate of drug-likeness (QED) is 0.482. The summed E-state index contributed by atoms with van der Waals surface area (Å²) in [5, 5.41) is 3.86. The van der Waals surface area contributed by atoms with Crippen molar-refractivity contribution >= 4 is 23.1 Å². The average molecular weight is 444 g/mol. The van der Waals surface area contributed by atoms with Gasteiger partial charge in [-0.15, -0.1) is 6.58 Å². The number of nitrogens with one attached hydrogen (secondary N) is 1. The average Bonchev–Trinajstić information content (AvgIpc) is 3.17. The molecule has 0 spiro atoms.